The summed E-state index contributed by atoms with van der Waals surface area (Å²) in [5.74, 6) is -0.375. The standard InChI is InChI=1S/C12H13F3N2O2/c1-16-10-6-7-17(11(10)18)8-2-4-9(5-3-8)19-12(13,14)15/h2-5,10,16H,6-7H2,1H3. The minimum Gasteiger partial charge on any atom is -0.406 e. The second-order valence-electron chi connectivity index (χ2n) is 4.16. The van der Waals surface area contributed by atoms with E-state index < -0.39 is 6.36 Å². The van der Waals surface area contributed by atoms with E-state index in [2.05, 4.69) is 10.1 Å². The molecule has 1 aliphatic heterocycles. The van der Waals surface area contributed by atoms with Crippen molar-refractivity contribution in [2.45, 2.75) is 18.8 Å². The lowest BCUT2D eigenvalue weighted by Gasteiger charge is -2.17. The van der Waals surface area contributed by atoms with Crippen molar-refractivity contribution >= 4 is 11.6 Å². The molecule has 1 fully saturated rings. The second-order valence-corrected chi connectivity index (χ2v) is 4.16. The van der Waals surface area contributed by atoms with Gasteiger partial charge in [0.1, 0.15) is 5.75 Å². The Morgan fingerprint density at radius 1 is 1.32 bits per heavy atom. The van der Waals surface area contributed by atoms with Crippen molar-refractivity contribution in [3.8, 4) is 5.75 Å². The summed E-state index contributed by atoms with van der Waals surface area (Å²) in [6, 6.07) is 5.05. The summed E-state index contributed by atoms with van der Waals surface area (Å²) < 4.78 is 39.8. The highest BCUT2D eigenvalue weighted by Crippen LogP contribution is 2.27. The zero-order valence-corrected chi connectivity index (χ0v) is 10.2. The largest absolute Gasteiger partial charge is 0.573 e. The van der Waals surface area contributed by atoms with Gasteiger partial charge in [-0.25, -0.2) is 0 Å². The van der Waals surface area contributed by atoms with Crippen molar-refractivity contribution in [1.82, 2.24) is 5.32 Å². The molecule has 0 bridgehead atoms. The zero-order chi connectivity index (χ0) is 14.0. The molecule has 1 aromatic rings. The van der Waals surface area contributed by atoms with Gasteiger partial charge in [0.2, 0.25) is 5.91 Å². The summed E-state index contributed by atoms with van der Waals surface area (Å²) in [4.78, 5) is 13.4. The molecule has 1 amide bonds. The Bertz CT molecular complexity index is 459. The average molecular weight is 274 g/mol. The fourth-order valence-electron chi connectivity index (χ4n) is 2.03. The Morgan fingerprint density at radius 3 is 2.42 bits per heavy atom. The molecule has 0 saturated carbocycles. The van der Waals surface area contributed by atoms with E-state index in [1.54, 1.807) is 11.9 Å². The van der Waals surface area contributed by atoms with Crippen molar-refractivity contribution in [3.05, 3.63) is 24.3 Å². The Kier molecular flexibility index (Phi) is 3.66. The fraction of sp³-hybridized carbons (Fsp3) is 0.417. The number of hydrogen-bond donors (Lipinski definition) is 1. The van der Waals surface area contributed by atoms with Gasteiger partial charge in [0.25, 0.3) is 0 Å². The van der Waals surface area contributed by atoms with Crippen LogP contribution in [0.3, 0.4) is 0 Å². The van der Waals surface area contributed by atoms with Crippen LogP contribution in [0.25, 0.3) is 0 Å². The van der Waals surface area contributed by atoms with Gasteiger partial charge >= 0.3 is 6.36 Å². The summed E-state index contributed by atoms with van der Waals surface area (Å²) in [5, 5.41) is 2.89. The Hall–Kier alpha value is -1.76. The minimum absolute atomic E-state index is 0.0769. The van der Waals surface area contributed by atoms with Crippen molar-refractivity contribution in [3.63, 3.8) is 0 Å². The minimum atomic E-state index is -4.71. The summed E-state index contributed by atoms with van der Waals surface area (Å²) >= 11 is 0. The third-order valence-corrected chi connectivity index (χ3v) is 2.94. The van der Waals surface area contributed by atoms with Crippen LogP contribution in [0.1, 0.15) is 6.42 Å². The Morgan fingerprint density at radius 2 is 1.95 bits per heavy atom. The average Bonchev–Trinajstić information content (AvgIpc) is 2.69. The summed E-state index contributed by atoms with van der Waals surface area (Å²) in [6.07, 6.45) is -4.03. The number of nitrogens with one attached hydrogen (secondary N) is 1. The second kappa shape index (κ2) is 5.08. The maximum atomic E-state index is 12.0. The molecule has 1 saturated heterocycles. The van der Waals surface area contributed by atoms with Gasteiger partial charge in [-0.15, -0.1) is 13.2 Å². The molecule has 7 heteroatoms. The first-order chi connectivity index (χ1) is 8.90. The van der Waals surface area contributed by atoms with Gasteiger partial charge in [-0.3, -0.25) is 4.79 Å². The smallest absolute Gasteiger partial charge is 0.406 e. The normalized spacial score (nSPS) is 19.9. The van der Waals surface area contributed by atoms with E-state index in [0.717, 1.165) is 0 Å². The summed E-state index contributed by atoms with van der Waals surface area (Å²) in [5.41, 5.74) is 0.567. The zero-order valence-electron chi connectivity index (χ0n) is 10.2. The first-order valence-electron chi connectivity index (χ1n) is 5.75. The predicted octanol–water partition coefficient (Wildman–Crippen LogP) is 1.91. The van der Waals surface area contributed by atoms with Gasteiger partial charge in [-0.1, -0.05) is 0 Å². The number of anilines is 1. The lowest BCUT2D eigenvalue weighted by Crippen LogP contribution is -2.36. The van der Waals surface area contributed by atoms with Gasteiger partial charge in [0.15, 0.2) is 0 Å². The number of ether oxygens (including phenoxy) is 1. The third-order valence-electron chi connectivity index (χ3n) is 2.94. The highest BCUT2D eigenvalue weighted by atomic mass is 19.4. The monoisotopic (exact) mass is 274 g/mol. The summed E-state index contributed by atoms with van der Waals surface area (Å²) in [7, 11) is 1.70. The van der Waals surface area contributed by atoms with Crippen LogP contribution in [-0.2, 0) is 4.79 Å². The van der Waals surface area contributed by atoms with E-state index in [1.165, 1.54) is 24.3 Å². The third kappa shape index (κ3) is 3.17. The maximum absolute atomic E-state index is 12.0. The van der Waals surface area contributed by atoms with E-state index in [9.17, 15) is 18.0 Å². The number of benzene rings is 1. The molecule has 0 aliphatic carbocycles. The number of carbonyl (C=O) groups excluding carboxylic acids is 1. The maximum Gasteiger partial charge on any atom is 0.573 e. The fourth-order valence-corrected chi connectivity index (χ4v) is 2.03. The first kappa shape index (κ1) is 13.7. The first-order valence-corrected chi connectivity index (χ1v) is 5.75. The molecule has 1 unspecified atom stereocenters. The molecule has 2 rings (SSSR count). The van der Waals surface area contributed by atoms with Gasteiger partial charge in [-0.2, -0.15) is 0 Å². The number of halogens is 3. The number of likely N-dealkylation sites (N-methyl/N-ethyl adjacent to an activating group) is 1. The van der Waals surface area contributed by atoms with Gasteiger partial charge in [-0.05, 0) is 37.7 Å². The molecular weight excluding hydrogens is 261 g/mol. The molecular formula is C12H13F3N2O2. The van der Waals surface area contributed by atoms with E-state index in [0.29, 0.717) is 18.7 Å². The molecule has 1 heterocycles. The molecule has 4 nitrogen and oxygen atoms in total. The number of carbonyl (C=O) groups is 1. The summed E-state index contributed by atoms with van der Waals surface area (Å²) in [6.45, 7) is 0.545. The molecule has 1 N–H and O–H groups in total. The van der Waals surface area contributed by atoms with Crippen LogP contribution < -0.4 is 15.0 Å². The van der Waals surface area contributed by atoms with E-state index >= 15 is 0 Å². The molecule has 0 aromatic heterocycles. The Labute approximate surface area is 108 Å². The Balaban J connectivity index is 2.09. The topological polar surface area (TPSA) is 41.6 Å². The number of rotatable bonds is 3. The SMILES string of the molecule is CNC1CCN(c2ccc(OC(F)(F)F)cc2)C1=O. The van der Waals surface area contributed by atoms with Crippen molar-refractivity contribution in [1.29, 1.82) is 0 Å². The molecule has 0 radical (unpaired) electrons. The molecule has 1 atom stereocenters. The van der Waals surface area contributed by atoms with E-state index in [1.807, 2.05) is 0 Å². The number of hydrogen-bond acceptors (Lipinski definition) is 3. The van der Waals surface area contributed by atoms with Crippen LogP contribution in [0.15, 0.2) is 24.3 Å². The van der Waals surface area contributed by atoms with Crippen LogP contribution in [0.4, 0.5) is 18.9 Å². The molecule has 19 heavy (non-hydrogen) atoms. The van der Waals surface area contributed by atoms with Crippen LogP contribution in [-0.4, -0.2) is 31.9 Å². The van der Waals surface area contributed by atoms with Gasteiger partial charge < -0.3 is 15.0 Å². The predicted molar refractivity (Wildman–Crippen MR) is 62.9 cm³/mol. The van der Waals surface area contributed by atoms with E-state index in [-0.39, 0.29) is 17.7 Å². The van der Waals surface area contributed by atoms with Crippen LogP contribution in [0.5, 0.6) is 5.75 Å². The molecule has 1 aliphatic rings. The van der Waals surface area contributed by atoms with Crippen molar-refractivity contribution < 1.29 is 22.7 Å². The number of nitrogens with zero attached hydrogens (tertiary/aromatic N) is 1. The van der Waals surface area contributed by atoms with Crippen LogP contribution in [0, 0.1) is 0 Å². The highest BCUT2D eigenvalue weighted by molar-refractivity contribution is 5.99. The van der Waals surface area contributed by atoms with E-state index in [4.69, 9.17) is 0 Å². The molecule has 104 valence electrons. The van der Waals surface area contributed by atoms with Crippen molar-refractivity contribution in [2.75, 3.05) is 18.5 Å². The lowest BCUT2D eigenvalue weighted by atomic mass is 10.2. The lowest BCUT2D eigenvalue weighted by molar-refractivity contribution is -0.274. The highest BCUT2D eigenvalue weighted by Gasteiger charge is 2.32. The van der Waals surface area contributed by atoms with Crippen LogP contribution in [0.2, 0.25) is 0 Å². The quantitative estimate of drug-likeness (QED) is 0.915. The van der Waals surface area contributed by atoms with Gasteiger partial charge in [0.05, 0.1) is 6.04 Å². The van der Waals surface area contributed by atoms with Gasteiger partial charge in [0, 0.05) is 12.2 Å². The van der Waals surface area contributed by atoms with Crippen molar-refractivity contribution in [2.24, 2.45) is 0 Å². The number of alkyl halides is 3. The molecule has 0 spiro atoms. The molecule has 1 aromatic carbocycles. The van der Waals surface area contributed by atoms with Crippen LogP contribution >= 0.6 is 0 Å². The number of amides is 1.